The fraction of sp³-hybridized carbons (Fsp3) is 0.381. The number of likely N-dealkylation sites (tertiary alicyclic amines) is 1. The third kappa shape index (κ3) is 2.67. The second-order valence-electron chi connectivity index (χ2n) is 7.04. The molecule has 0 aliphatic carbocycles. The van der Waals surface area contributed by atoms with Crippen LogP contribution in [0, 0.1) is 0 Å². The Hall–Kier alpha value is -2.89. The molecule has 0 atom stereocenters. The SMILES string of the molecule is CCOc1ncccc1C(=O)N1CCC2(CC1)C(=O)N(C)c1ccccc12. The lowest BCUT2D eigenvalue weighted by atomic mass is 9.73. The standard InChI is InChI=1S/C21H23N3O3/c1-3-27-18-15(7-6-12-22-18)19(25)24-13-10-21(11-14-24)16-8-4-5-9-17(16)23(2)20(21)26/h4-9,12H,3,10-11,13-14H2,1-2H3. The number of anilines is 1. The zero-order valence-electron chi connectivity index (χ0n) is 15.6. The van der Waals surface area contributed by atoms with Gasteiger partial charge in [-0.15, -0.1) is 0 Å². The van der Waals surface area contributed by atoms with Gasteiger partial charge in [-0.2, -0.15) is 0 Å². The van der Waals surface area contributed by atoms with E-state index in [1.165, 1.54) is 0 Å². The van der Waals surface area contributed by atoms with Gasteiger partial charge in [0, 0.05) is 32.0 Å². The molecular weight excluding hydrogens is 342 g/mol. The number of pyridine rings is 1. The summed E-state index contributed by atoms with van der Waals surface area (Å²) in [5.41, 5.74) is 2.03. The van der Waals surface area contributed by atoms with Crippen LogP contribution >= 0.6 is 0 Å². The molecule has 1 saturated heterocycles. The number of hydrogen-bond donors (Lipinski definition) is 0. The molecule has 1 spiro atoms. The van der Waals surface area contributed by atoms with E-state index in [1.54, 1.807) is 28.1 Å². The van der Waals surface area contributed by atoms with E-state index in [-0.39, 0.29) is 11.8 Å². The van der Waals surface area contributed by atoms with Crippen LogP contribution in [0.2, 0.25) is 0 Å². The molecule has 0 radical (unpaired) electrons. The molecule has 0 N–H and O–H groups in total. The third-order valence-electron chi connectivity index (χ3n) is 5.68. The summed E-state index contributed by atoms with van der Waals surface area (Å²) in [6.07, 6.45) is 2.88. The van der Waals surface area contributed by atoms with Gasteiger partial charge in [0.2, 0.25) is 11.8 Å². The highest BCUT2D eigenvalue weighted by atomic mass is 16.5. The van der Waals surface area contributed by atoms with Crippen molar-refractivity contribution in [1.82, 2.24) is 9.88 Å². The van der Waals surface area contributed by atoms with Crippen molar-refractivity contribution in [2.75, 3.05) is 31.6 Å². The van der Waals surface area contributed by atoms with Crippen molar-refractivity contribution in [2.45, 2.75) is 25.2 Å². The number of aromatic nitrogens is 1. The van der Waals surface area contributed by atoms with Crippen molar-refractivity contribution in [3.8, 4) is 5.88 Å². The number of nitrogens with zero attached hydrogens (tertiary/aromatic N) is 3. The molecule has 4 rings (SSSR count). The number of fused-ring (bicyclic) bond motifs is 2. The Morgan fingerprint density at radius 1 is 1.19 bits per heavy atom. The fourth-order valence-electron chi connectivity index (χ4n) is 4.27. The van der Waals surface area contributed by atoms with Crippen LogP contribution in [0.4, 0.5) is 5.69 Å². The average Bonchev–Trinajstić information content (AvgIpc) is 2.91. The second-order valence-corrected chi connectivity index (χ2v) is 7.04. The molecule has 0 bridgehead atoms. The van der Waals surface area contributed by atoms with Gasteiger partial charge in [0.15, 0.2) is 0 Å². The van der Waals surface area contributed by atoms with Gasteiger partial charge in [0.05, 0.1) is 12.0 Å². The van der Waals surface area contributed by atoms with Crippen LogP contribution in [0.1, 0.15) is 35.7 Å². The molecule has 2 aliphatic rings. The quantitative estimate of drug-likeness (QED) is 0.839. The molecule has 2 aliphatic heterocycles. The van der Waals surface area contributed by atoms with Crippen LogP contribution in [0.15, 0.2) is 42.6 Å². The largest absolute Gasteiger partial charge is 0.477 e. The summed E-state index contributed by atoms with van der Waals surface area (Å²) in [6, 6.07) is 11.5. The van der Waals surface area contributed by atoms with E-state index >= 15 is 0 Å². The molecule has 2 amide bonds. The number of hydrogen-bond acceptors (Lipinski definition) is 4. The molecule has 0 saturated carbocycles. The fourth-order valence-corrected chi connectivity index (χ4v) is 4.27. The summed E-state index contributed by atoms with van der Waals surface area (Å²) in [7, 11) is 1.83. The third-order valence-corrected chi connectivity index (χ3v) is 5.68. The minimum absolute atomic E-state index is 0.0894. The lowest BCUT2D eigenvalue weighted by Gasteiger charge is -2.38. The van der Waals surface area contributed by atoms with Crippen LogP contribution in [0.5, 0.6) is 5.88 Å². The minimum atomic E-state index is -0.514. The average molecular weight is 365 g/mol. The maximum absolute atomic E-state index is 13.0. The van der Waals surface area contributed by atoms with E-state index in [0.717, 1.165) is 11.3 Å². The number of ether oxygens (including phenoxy) is 1. The Bertz CT molecular complexity index is 888. The molecule has 6 heteroatoms. The first-order chi connectivity index (χ1) is 13.1. The maximum atomic E-state index is 13.0. The number of piperidine rings is 1. The van der Waals surface area contributed by atoms with Crippen LogP contribution in [-0.4, -0.2) is 48.4 Å². The summed E-state index contributed by atoms with van der Waals surface area (Å²) in [6.45, 7) is 3.39. The Kier molecular flexibility index (Phi) is 4.34. The van der Waals surface area contributed by atoms with Crippen molar-refractivity contribution in [3.05, 3.63) is 53.7 Å². The maximum Gasteiger partial charge on any atom is 0.259 e. The van der Waals surface area contributed by atoms with Crippen LogP contribution in [0.25, 0.3) is 0 Å². The predicted molar refractivity (Wildman–Crippen MR) is 102 cm³/mol. The van der Waals surface area contributed by atoms with Gasteiger partial charge in [-0.05, 0) is 43.5 Å². The molecule has 140 valence electrons. The molecule has 1 aromatic heterocycles. The van der Waals surface area contributed by atoms with Gasteiger partial charge in [0.1, 0.15) is 5.56 Å². The van der Waals surface area contributed by atoms with Crippen molar-refractivity contribution in [3.63, 3.8) is 0 Å². The van der Waals surface area contributed by atoms with Gasteiger partial charge in [0.25, 0.3) is 5.91 Å². The normalized spacial score (nSPS) is 17.9. The van der Waals surface area contributed by atoms with E-state index in [4.69, 9.17) is 4.74 Å². The first-order valence-electron chi connectivity index (χ1n) is 9.33. The van der Waals surface area contributed by atoms with Crippen LogP contribution < -0.4 is 9.64 Å². The zero-order chi connectivity index (χ0) is 19.0. The predicted octanol–water partition coefficient (Wildman–Crippen LogP) is 2.63. The van der Waals surface area contributed by atoms with E-state index in [9.17, 15) is 9.59 Å². The van der Waals surface area contributed by atoms with Crippen molar-refractivity contribution in [2.24, 2.45) is 0 Å². The second kappa shape index (κ2) is 6.68. The molecule has 2 aromatic rings. The molecule has 27 heavy (non-hydrogen) atoms. The van der Waals surface area contributed by atoms with Crippen LogP contribution in [-0.2, 0) is 10.2 Å². The van der Waals surface area contributed by atoms with Gasteiger partial charge in [-0.25, -0.2) is 4.98 Å². The molecular formula is C21H23N3O3. The summed E-state index contributed by atoms with van der Waals surface area (Å²) in [5.74, 6) is 0.410. The number of carbonyl (C=O) groups excluding carboxylic acids is 2. The van der Waals surface area contributed by atoms with E-state index in [0.29, 0.717) is 44.0 Å². The lowest BCUT2D eigenvalue weighted by molar-refractivity contribution is -0.124. The number of benzene rings is 1. The van der Waals surface area contributed by atoms with Crippen molar-refractivity contribution < 1.29 is 14.3 Å². The molecule has 6 nitrogen and oxygen atoms in total. The first-order valence-corrected chi connectivity index (χ1v) is 9.33. The Morgan fingerprint density at radius 2 is 1.93 bits per heavy atom. The van der Waals surface area contributed by atoms with Crippen molar-refractivity contribution in [1.29, 1.82) is 0 Å². The smallest absolute Gasteiger partial charge is 0.259 e. The number of carbonyl (C=O) groups is 2. The van der Waals surface area contributed by atoms with Gasteiger partial charge >= 0.3 is 0 Å². The van der Waals surface area contributed by atoms with E-state index in [2.05, 4.69) is 4.98 Å². The minimum Gasteiger partial charge on any atom is -0.477 e. The highest BCUT2D eigenvalue weighted by Crippen LogP contribution is 2.47. The Balaban J connectivity index is 1.57. The summed E-state index contributed by atoms with van der Waals surface area (Å²) in [4.78, 5) is 33.8. The van der Waals surface area contributed by atoms with Crippen molar-refractivity contribution >= 4 is 17.5 Å². The number of para-hydroxylation sites is 1. The first kappa shape index (κ1) is 17.5. The van der Waals surface area contributed by atoms with Crippen LogP contribution in [0.3, 0.4) is 0 Å². The molecule has 3 heterocycles. The van der Waals surface area contributed by atoms with Gasteiger partial charge in [-0.1, -0.05) is 18.2 Å². The molecule has 0 unspecified atom stereocenters. The zero-order valence-corrected chi connectivity index (χ0v) is 15.6. The summed E-state index contributed by atoms with van der Waals surface area (Å²) < 4.78 is 5.50. The molecule has 1 aromatic carbocycles. The van der Waals surface area contributed by atoms with Gasteiger partial charge < -0.3 is 14.5 Å². The Morgan fingerprint density at radius 3 is 2.67 bits per heavy atom. The highest BCUT2D eigenvalue weighted by Gasteiger charge is 2.51. The highest BCUT2D eigenvalue weighted by molar-refractivity contribution is 6.08. The van der Waals surface area contributed by atoms with E-state index < -0.39 is 5.41 Å². The monoisotopic (exact) mass is 365 g/mol. The summed E-state index contributed by atoms with van der Waals surface area (Å²) >= 11 is 0. The topological polar surface area (TPSA) is 62.7 Å². The lowest BCUT2D eigenvalue weighted by Crippen LogP contribution is -2.49. The molecule has 1 fully saturated rings. The number of amides is 2. The summed E-state index contributed by atoms with van der Waals surface area (Å²) in [5, 5.41) is 0. The number of rotatable bonds is 3. The number of likely N-dealkylation sites (N-methyl/N-ethyl adjacent to an activating group) is 1. The van der Waals surface area contributed by atoms with Gasteiger partial charge in [-0.3, -0.25) is 9.59 Å². The van der Waals surface area contributed by atoms with E-state index in [1.807, 2.05) is 38.2 Å². The Labute approximate surface area is 158 Å².